The van der Waals surface area contributed by atoms with Gasteiger partial charge in [0.2, 0.25) is 11.8 Å². The van der Waals surface area contributed by atoms with Crippen LogP contribution in [0.15, 0.2) is 18.2 Å². The van der Waals surface area contributed by atoms with Crippen molar-refractivity contribution in [3.05, 3.63) is 29.6 Å². The van der Waals surface area contributed by atoms with Crippen molar-refractivity contribution in [3.8, 4) is 5.75 Å². The predicted molar refractivity (Wildman–Crippen MR) is 75.7 cm³/mol. The lowest BCUT2D eigenvalue weighted by Crippen LogP contribution is -2.15. The van der Waals surface area contributed by atoms with E-state index in [0.717, 1.165) is 11.3 Å². The molecule has 4 N–H and O–H groups in total. The Morgan fingerprint density at radius 1 is 1.45 bits per heavy atom. The highest BCUT2D eigenvalue weighted by atomic mass is 16.5. The molecular weight excluding hydrogens is 258 g/mol. The van der Waals surface area contributed by atoms with Crippen LogP contribution in [-0.4, -0.2) is 27.2 Å². The summed E-state index contributed by atoms with van der Waals surface area (Å²) in [6.07, 6.45) is 0.104. The van der Waals surface area contributed by atoms with Crippen LogP contribution in [0.1, 0.15) is 30.0 Å². The first-order valence-corrected chi connectivity index (χ1v) is 6.22. The van der Waals surface area contributed by atoms with E-state index in [1.165, 1.54) is 0 Å². The van der Waals surface area contributed by atoms with Crippen molar-refractivity contribution in [3.63, 3.8) is 0 Å². The van der Waals surface area contributed by atoms with Gasteiger partial charge in [0.1, 0.15) is 5.75 Å². The molecule has 20 heavy (non-hydrogen) atoms. The smallest absolute Gasteiger partial charge is 0.293 e. The molecule has 0 bridgehead atoms. The zero-order valence-corrected chi connectivity index (χ0v) is 11.6. The number of amides is 1. The maximum atomic E-state index is 11.9. The lowest BCUT2D eigenvalue weighted by molar-refractivity contribution is 0.101. The molecule has 2 rings (SSSR count). The number of carbonyl (C=O) groups is 1. The summed E-state index contributed by atoms with van der Waals surface area (Å²) in [6.45, 7) is 5.80. The molecule has 0 aliphatic heterocycles. The molecule has 0 unspecified atom stereocenters. The minimum atomic E-state index is -0.394. The van der Waals surface area contributed by atoms with E-state index in [4.69, 9.17) is 10.5 Å². The van der Waals surface area contributed by atoms with Gasteiger partial charge in [0.05, 0.1) is 6.10 Å². The molecule has 0 saturated carbocycles. The lowest BCUT2D eigenvalue weighted by Gasteiger charge is -2.12. The van der Waals surface area contributed by atoms with Crippen LogP contribution in [0.3, 0.4) is 0 Å². The van der Waals surface area contributed by atoms with Gasteiger partial charge in [-0.2, -0.15) is 4.98 Å². The van der Waals surface area contributed by atoms with Gasteiger partial charge >= 0.3 is 0 Å². The van der Waals surface area contributed by atoms with Gasteiger partial charge in [0.15, 0.2) is 0 Å². The molecule has 106 valence electrons. The Morgan fingerprint density at radius 2 is 2.20 bits per heavy atom. The monoisotopic (exact) mass is 275 g/mol. The van der Waals surface area contributed by atoms with Gasteiger partial charge in [0, 0.05) is 5.69 Å². The standard InChI is InChI=1S/C13H17N5O2/c1-7(2)20-9-4-5-10(8(3)6-9)15-12(19)11-16-13(14)18-17-11/h4-7H,1-3H3,(H,15,19)(H3,14,16,17,18). The molecule has 1 heterocycles. The molecule has 0 fully saturated rings. The number of anilines is 2. The Hall–Kier alpha value is -2.57. The highest BCUT2D eigenvalue weighted by molar-refractivity contribution is 6.02. The number of nitrogens with two attached hydrogens (primary N) is 1. The van der Waals surface area contributed by atoms with E-state index in [1.54, 1.807) is 12.1 Å². The van der Waals surface area contributed by atoms with Gasteiger partial charge in [-0.3, -0.25) is 9.89 Å². The van der Waals surface area contributed by atoms with Crippen molar-refractivity contribution in [1.29, 1.82) is 0 Å². The zero-order chi connectivity index (χ0) is 14.7. The molecule has 0 aliphatic rings. The molecule has 2 aromatic rings. The number of ether oxygens (including phenoxy) is 1. The number of hydrogen-bond donors (Lipinski definition) is 3. The Labute approximate surface area is 116 Å². The average Bonchev–Trinajstić information content (AvgIpc) is 2.78. The first-order valence-electron chi connectivity index (χ1n) is 6.22. The summed E-state index contributed by atoms with van der Waals surface area (Å²) in [6, 6.07) is 5.45. The maximum absolute atomic E-state index is 11.9. The van der Waals surface area contributed by atoms with Gasteiger partial charge in [-0.1, -0.05) is 0 Å². The molecule has 7 nitrogen and oxygen atoms in total. The summed E-state index contributed by atoms with van der Waals surface area (Å²) in [7, 11) is 0. The number of benzene rings is 1. The highest BCUT2D eigenvalue weighted by Gasteiger charge is 2.12. The van der Waals surface area contributed by atoms with Crippen LogP contribution < -0.4 is 15.8 Å². The number of aromatic amines is 1. The highest BCUT2D eigenvalue weighted by Crippen LogP contribution is 2.22. The molecular formula is C13H17N5O2. The largest absolute Gasteiger partial charge is 0.491 e. The Bertz CT molecular complexity index is 621. The van der Waals surface area contributed by atoms with Crippen molar-refractivity contribution < 1.29 is 9.53 Å². The third-order valence-corrected chi connectivity index (χ3v) is 2.54. The quantitative estimate of drug-likeness (QED) is 0.788. The minimum absolute atomic E-state index is 0.0348. The number of hydrogen-bond acceptors (Lipinski definition) is 5. The number of aryl methyl sites for hydroxylation is 1. The molecule has 0 aliphatic carbocycles. The van der Waals surface area contributed by atoms with Gasteiger partial charge in [-0.15, -0.1) is 5.10 Å². The van der Waals surface area contributed by atoms with E-state index in [2.05, 4.69) is 20.5 Å². The van der Waals surface area contributed by atoms with Crippen LogP contribution in [0.4, 0.5) is 11.6 Å². The number of nitrogen functional groups attached to an aromatic ring is 1. The molecule has 0 atom stereocenters. The normalized spacial score (nSPS) is 10.6. The predicted octanol–water partition coefficient (Wildman–Crippen LogP) is 1.73. The van der Waals surface area contributed by atoms with Crippen molar-refractivity contribution in [2.75, 3.05) is 11.1 Å². The van der Waals surface area contributed by atoms with Crippen LogP contribution in [0.2, 0.25) is 0 Å². The summed E-state index contributed by atoms with van der Waals surface area (Å²) in [5, 5.41) is 8.81. The van der Waals surface area contributed by atoms with E-state index in [1.807, 2.05) is 26.8 Å². The van der Waals surface area contributed by atoms with E-state index >= 15 is 0 Å². The molecule has 7 heteroatoms. The summed E-state index contributed by atoms with van der Waals surface area (Å²) in [4.78, 5) is 15.7. The number of rotatable bonds is 4. The first-order chi connectivity index (χ1) is 9.45. The Balaban J connectivity index is 2.11. The number of H-pyrrole nitrogens is 1. The fourth-order valence-electron chi connectivity index (χ4n) is 1.68. The maximum Gasteiger partial charge on any atom is 0.293 e. The Kier molecular flexibility index (Phi) is 3.88. The van der Waals surface area contributed by atoms with E-state index in [9.17, 15) is 4.79 Å². The molecule has 0 radical (unpaired) electrons. The van der Waals surface area contributed by atoms with Gasteiger partial charge in [-0.25, -0.2) is 0 Å². The number of carbonyl (C=O) groups excluding carboxylic acids is 1. The number of nitrogens with zero attached hydrogens (tertiary/aromatic N) is 2. The second-order valence-electron chi connectivity index (χ2n) is 4.64. The van der Waals surface area contributed by atoms with Crippen LogP contribution in [0.5, 0.6) is 5.75 Å². The van der Waals surface area contributed by atoms with E-state index in [0.29, 0.717) is 5.69 Å². The number of aromatic nitrogens is 3. The molecule has 0 saturated heterocycles. The summed E-state index contributed by atoms with van der Waals surface area (Å²) < 4.78 is 5.59. The van der Waals surface area contributed by atoms with Crippen molar-refractivity contribution in [2.24, 2.45) is 0 Å². The van der Waals surface area contributed by atoms with Crippen molar-refractivity contribution in [2.45, 2.75) is 26.9 Å². The van der Waals surface area contributed by atoms with Gasteiger partial charge < -0.3 is 15.8 Å². The van der Waals surface area contributed by atoms with Gasteiger partial charge in [0.25, 0.3) is 5.91 Å². The molecule has 1 aromatic carbocycles. The summed E-state index contributed by atoms with van der Waals surface area (Å²) >= 11 is 0. The van der Waals surface area contributed by atoms with Crippen LogP contribution >= 0.6 is 0 Å². The van der Waals surface area contributed by atoms with E-state index in [-0.39, 0.29) is 17.9 Å². The third kappa shape index (κ3) is 3.25. The second kappa shape index (κ2) is 5.60. The zero-order valence-electron chi connectivity index (χ0n) is 11.6. The molecule has 0 spiro atoms. The first kappa shape index (κ1) is 13.9. The molecule has 1 aromatic heterocycles. The van der Waals surface area contributed by atoms with E-state index < -0.39 is 5.91 Å². The summed E-state index contributed by atoms with van der Waals surface area (Å²) in [5.41, 5.74) is 6.93. The third-order valence-electron chi connectivity index (χ3n) is 2.54. The lowest BCUT2D eigenvalue weighted by atomic mass is 10.2. The SMILES string of the molecule is Cc1cc(OC(C)C)ccc1NC(=O)c1nc(N)n[nH]1. The van der Waals surface area contributed by atoms with Crippen LogP contribution in [0.25, 0.3) is 0 Å². The van der Waals surface area contributed by atoms with Crippen molar-refractivity contribution >= 4 is 17.5 Å². The number of nitrogens with one attached hydrogen (secondary N) is 2. The minimum Gasteiger partial charge on any atom is -0.491 e. The van der Waals surface area contributed by atoms with Gasteiger partial charge in [-0.05, 0) is 44.5 Å². The fourth-order valence-corrected chi connectivity index (χ4v) is 1.68. The van der Waals surface area contributed by atoms with Crippen molar-refractivity contribution in [1.82, 2.24) is 15.2 Å². The second-order valence-corrected chi connectivity index (χ2v) is 4.64. The average molecular weight is 275 g/mol. The summed E-state index contributed by atoms with van der Waals surface area (Å²) in [5.74, 6) is 0.478. The molecule has 1 amide bonds. The van der Waals surface area contributed by atoms with Crippen LogP contribution in [0, 0.1) is 6.92 Å². The van der Waals surface area contributed by atoms with Crippen LogP contribution in [-0.2, 0) is 0 Å². The fraction of sp³-hybridized carbons (Fsp3) is 0.308. The topological polar surface area (TPSA) is 106 Å². The Morgan fingerprint density at radius 3 is 2.75 bits per heavy atom.